The molecule has 0 radical (unpaired) electrons. The van der Waals surface area contributed by atoms with Crippen molar-refractivity contribution >= 4 is 11.9 Å². The molecular weight excluding hydrogens is 176 g/mol. The summed E-state index contributed by atoms with van der Waals surface area (Å²) in [5, 5.41) is 0. The third kappa shape index (κ3) is 1.51. The van der Waals surface area contributed by atoms with Gasteiger partial charge in [0.1, 0.15) is 0 Å². The van der Waals surface area contributed by atoms with E-state index in [1.165, 1.54) is 6.92 Å². The molecule has 72 valence electrons. The molecule has 2 heterocycles. The SMILES string of the molecule is CC(=O)O[C@@H]1OC[C@@H]2CC(=O)O[C@@H]21. The second-order valence-electron chi connectivity index (χ2n) is 3.23. The van der Waals surface area contributed by atoms with Crippen LogP contribution in [-0.4, -0.2) is 30.9 Å². The molecule has 2 aliphatic heterocycles. The Labute approximate surface area is 74.9 Å². The van der Waals surface area contributed by atoms with Crippen LogP contribution < -0.4 is 0 Å². The maximum Gasteiger partial charge on any atom is 0.306 e. The van der Waals surface area contributed by atoms with Gasteiger partial charge in [-0.2, -0.15) is 0 Å². The van der Waals surface area contributed by atoms with Crippen LogP contribution in [0.3, 0.4) is 0 Å². The topological polar surface area (TPSA) is 61.8 Å². The normalized spacial score (nSPS) is 37.0. The largest absolute Gasteiger partial charge is 0.455 e. The van der Waals surface area contributed by atoms with E-state index < -0.39 is 18.4 Å². The minimum Gasteiger partial charge on any atom is -0.455 e. The summed E-state index contributed by atoms with van der Waals surface area (Å²) in [4.78, 5) is 21.5. The number of carbonyl (C=O) groups excluding carboxylic acids is 2. The molecule has 2 rings (SSSR count). The molecule has 0 aliphatic carbocycles. The van der Waals surface area contributed by atoms with Gasteiger partial charge in [0, 0.05) is 12.8 Å². The van der Waals surface area contributed by atoms with E-state index in [0.29, 0.717) is 13.0 Å². The van der Waals surface area contributed by atoms with Gasteiger partial charge in [-0.15, -0.1) is 0 Å². The lowest BCUT2D eigenvalue weighted by Gasteiger charge is -2.15. The molecule has 0 aromatic rings. The van der Waals surface area contributed by atoms with Gasteiger partial charge in [-0.05, 0) is 0 Å². The summed E-state index contributed by atoms with van der Waals surface area (Å²) in [6, 6.07) is 0. The van der Waals surface area contributed by atoms with Crippen molar-refractivity contribution in [2.24, 2.45) is 5.92 Å². The Morgan fingerprint density at radius 3 is 3.08 bits per heavy atom. The van der Waals surface area contributed by atoms with Crippen LogP contribution in [0.15, 0.2) is 0 Å². The van der Waals surface area contributed by atoms with Gasteiger partial charge in [-0.1, -0.05) is 0 Å². The smallest absolute Gasteiger partial charge is 0.306 e. The number of ether oxygens (including phenoxy) is 3. The Morgan fingerprint density at radius 1 is 1.62 bits per heavy atom. The van der Waals surface area contributed by atoms with Gasteiger partial charge in [0.15, 0.2) is 6.10 Å². The maximum absolute atomic E-state index is 10.9. The van der Waals surface area contributed by atoms with Crippen molar-refractivity contribution in [2.45, 2.75) is 25.7 Å². The van der Waals surface area contributed by atoms with Gasteiger partial charge in [0.05, 0.1) is 13.0 Å². The van der Waals surface area contributed by atoms with Crippen LogP contribution in [-0.2, 0) is 23.8 Å². The Balaban J connectivity index is 2.00. The van der Waals surface area contributed by atoms with Crippen molar-refractivity contribution in [1.82, 2.24) is 0 Å². The predicted molar refractivity (Wildman–Crippen MR) is 39.5 cm³/mol. The molecular formula is C8H10O5. The zero-order valence-corrected chi connectivity index (χ0v) is 7.19. The third-order valence-electron chi connectivity index (χ3n) is 2.19. The molecule has 2 fully saturated rings. The van der Waals surface area contributed by atoms with Gasteiger partial charge in [0.2, 0.25) is 6.29 Å². The molecule has 0 aromatic carbocycles. The first kappa shape index (κ1) is 8.50. The van der Waals surface area contributed by atoms with Gasteiger partial charge in [0.25, 0.3) is 0 Å². The first-order valence-corrected chi connectivity index (χ1v) is 4.15. The number of rotatable bonds is 1. The highest BCUT2D eigenvalue weighted by atomic mass is 16.7. The average Bonchev–Trinajstić information content (AvgIpc) is 2.51. The molecule has 3 atom stereocenters. The summed E-state index contributed by atoms with van der Waals surface area (Å²) >= 11 is 0. The Morgan fingerprint density at radius 2 is 2.38 bits per heavy atom. The predicted octanol–water partition coefficient (Wildman–Crippen LogP) is -0.163. The average molecular weight is 186 g/mol. The molecule has 2 saturated heterocycles. The Hall–Kier alpha value is -1.10. The number of esters is 2. The van der Waals surface area contributed by atoms with E-state index in [0.717, 1.165) is 0 Å². The standard InChI is InChI=1S/C8H10O5/c1-4(9)12-8-7-5(3-11-8)2-6(10)13-7/h5,7-8H,2-3H2,1H3/t5-,7-,8-/m0/s1. The van der Waals surface area contributed by atoms with Crippen molar-refractivity contribution in [3.8, 4) is 0 Å². The molecule has 0 N–H and O–H groups in total. The van der Waals surface area contributed by atoms with Gasteiger partial charge in [-0.25, -0.2) is 0 Å². The molecule has 0 unspecified atom stereocenters. The van der Waals surface area contributed by atoms with Crippen molar-refractivity contribution in [2.75, 3.05) is 6.61 Å². The van der Waals surface area contributed by atoms with Crippen LogP contribution in [0.1, 0.15) is 13.3 Å². The van der Waals surface area contributed by atoms with Crippen LogP contribution in [0.5, 0.6) is 0 Å². The van der Waals surface area contributed by atoms with Gasteiger partial charge < -0.3 is 14.2 Å². The summed E-state index contributed by atoms with van der Waals surface area (Å²) in [5.41, 5.74) is 0. The molecule has 0 aromatic heterocycles. The molecule has 0 bridgehead atoms. The van der Waals surface area contributed by atoms with E-state index in [9.17, 15) is 9.59 Å². The lowest BCUT2D eigenvalue weighted by molar-refractivity contribution is -0.187. The zero-order valence-electron chi connectivity index (χ0n) is 7.19. The fourth-order valence-corrected chi connectivity index (χ4v) is 1.64. The number of carbonyl (C=O) groups is 2. The molecule has 2 aliphatic rings. The first-order chi connectivity index (χ1) is 6.16. The van der Waals surface area contributed by atoms with Crippen molar-refractivity contribution < 1.29 is 23.8 Å². The summed E-state index contributed by atoms with van der Waals surface area (Å²) < 4.78 is 15.0. The second-order valence-corrected chi connectivity index (χ2v) is 3.23. The highest BCUT2D eigenvalue weighted by Crippen LogP contribution is 2.32. The zero-order chi connectivity index (χ0) is 9.42. The highest BCUT2D eigenvalue weighted by Gasteiger charge is 2.47. The second kappa shape index (κ2) is 2.99. The van der Waals surface area contributed by atoms with Crippen LogP contribution in [0.2, 0.25) is 0 Å². The molecule has 5 nitrogen and oxygen atoms in total. The number of hydrogen-bond donors (Lipinski definition) is 0. The first-order valence-electron chi connectivity index (χ1n) is 4.15. The molecule has 5 heteroatoms. The van der Waals surface area contributed by atoms with E-state index >= 15 is 0 Å². The summed E-state index contributed by atoms with van der Waals surface area (Å²) in [7, 11) is 0. The van der Waals surface area contributed by atoms with Gasteiger partial charge >= 0.3 is 11.9 Å². The summed E-state index contributed by atoms with van der Waals surface area (Å²) in [6.07, 6.45) is -0.729. The fraction of sp³-hybridized carbons (Fsp3) is 0.750. The highest BCUT2D eigenvalue weighted by molar-refractivity contribution is 5.72. The Kier molecular flexibility index (Phi) is 1.95. The number of fused-ring (bicyclic) bond motifs is 1. The van der Waals surface area contributed by atoms with E-state index in [4.69, 9.17) is 14.2 Å². The van der Waals surface area contributed by atoms with E-state index in [-0.39, 0.29) is 11.9 Å². The lowest BCUT2D eigenvalue weighted by atomic mass is 10.1. The van der Waals surface area contributed by atoms with Crippen molar-refractivity contribution in [1.29, 1.82) is 0 Å². The minimum absolute atomic E-state index is 0.0526. The quantitative estimate of drug-likeness (QED) is 0.532. The molecule has 13 heavy (non-hydrogen) atoms. The van der Waals surface area contributed by atoms with E-state index in [1.54, 1.807) is 0 Å². The third-order valence-corrected chi connectivity index (χ3v) is 2.19. The van der Waals surface area contributed by atoms with Crippen molar-refractivity contribution in [3.63, 3.8) is 0 Å². The Bertz CT molecular complexity index is 249. The number of hydrogen-bond acceptors (Lipinski definition) is 5. The maximum atomic E-state index is 10.9. The van der Waals surface area contributed by atoms with Crippen LogP contribution in [0.4, 0.5) is 0 Å². The van der Waals surface area contributed by atoms with Crippen LogP contribution in [0.25, 0.3) is 0 Å². The molecule has 0 spiro atoms. The van der Waals surface area contributed by atoms with E-state index in [1.807, 2.05) is 0 Å². The molecule has 0 amide bonds. The monoisotopic (exact) mass is 186 g/mol. The lowest BCUT2D eigenvalue weighted by Crippen LogP contribution is -2.29. The van der Waals surface area contributed by atoms with E-state index in [2.05, 4.69) is 0 Å². The fourth-order valence-electron chi connectivity index (χ4n) is 1.64. The minimum atomic E-state index is -0.700. The summed E-state index contributed by atoms with van der Waals surface area (Å²) in [6.45, 7) is 1.72. The van der Waals surface area contributed by atoms with Crippen LogP contribution in [0, 0.1) is 5.92 Å². The molecule has 0 saturated carbocycles. The van der Waals surface area contributed by atoms with Crippen LogP contribution >= 0.6 is 0 Å². The van der Waals surface area contributed by atoms with Crippen molar-refractivity contribution in [3.05, 3.63) is 0 Å². The van der Waals surface area contributed by atoms with Gasteiger partial charge in [-0.3, -0.25) is 9.59 Å². The summed E-state index contributed by atoms with van der Waals surface area (Å²) in [5.74, 6) is -0.610.